The predicted octanol–water partition coefficient (Wildman–Crippen LogP) is 5.59. The first-order chi connectivity index (χ1) is 19.2. The molecule has 0 bridgehead atoms. The van der Waals surface area contributed by atoms with E-state index in [2.05, 4.69) is 24.6 Å². The minimum absolute atomic E-state index is 0.0549. The zero-order valence-corrected chi connectivity index (χ0v) is 21.0. The van der Waals surface area contributed by atoms with Crippen LogP contribution in [0.2, 0.25) is 0 Å². The van der Waals surface area contributed by atoms with Gasteiger partial charge in [-0.3, -0.25) is 9.51 Å². The normalized spacial score (nSPS) is 19.6. The maximum Gasteiger partial charge on any atom is 0.573 e. The molecule has 13 heteroatoms. The van der Waals surface area contributed by atoms with Crippen molar-refractivity contribution in [2.24, 2.45) is 0 Å². The molecule has 2 aliphatic rings. The van der Waals surface area contributed by atoms with Gasteiger partial charge in [0.05, 0.1) is 19.3 Å². The summed E-state index contributed by atoms with van der Waals surface area (Å²) in [6.45, 7) is 0.569. The number of halogens is 4. The second-order valence-electron chi connectivity index (χ2n) is 9.78. The van der Waals surface area contributed by atoms with Crippen LogP contribution in [0.1, 0.15) is 36.5 Å². The fourth-order valence-corrected chi connectivity index (χ4v) is 4.90. The van der Waals surface area contributed by atoms with E-state index in [9.17, 15) is 18.0 Å². The smallest absolute Gasteiger partial charge is 0.405 e. The molecule has 0 spiro atoms. The number of para-hydroxylation sites is 1. The number of H-pyrrole nitrogens is 1. The first-order valence-electron chi connectivity index (χ1n) is 12.8. The summed E-state index contributed by atoms with van der Waals surface area (Å²) in [6.07, 6.45) is -4.76. The Morgan fingerprint density at radius 3 is 2.48 bits per heavy atom. The van der Waals surface area contributed by atoms with Crippen molar-refractivity contribution in [3.63, 3.8) is 0 Å². The molecule has 1 N–H and O–H groups in total. The molecular weight excluding hydrogens is 536 g/mol. The Morgan fingerprint density at radius 1 is 1.02 bits per heavy atom. The number of aromatic amines is 1. The van der Waals surface area contributed by atoms with Gasteiger partial charge in [-0.15, -0.1) is 13.2 Å². The molecule has 9 nitrogen and oxygen atoms in total. The van der Waals surface area contributed by atoms with Crippen LogP contribution in [0.5, 0.6) is 5.75 Å². The summed E-state index contributed by atoms with van der Waals surface area (Å²) in [5, 5.41) is 7.73. The van der Waals surface area contributed by atoms with Crippen molar-refractivity contribution >= 4 is 5.69 Å². The first kappa shape index (κ1) is 26.1. The van der Waals surface area contributed by atoms with Crippen LogP contribution in [0.25, 0.3) is 22.6 Å². The summed E-state index contributed by atoms with van der Waals surface area (Å²) in [4.78, 5) is 15.6. The van der Waals surface area contributed by atoms with E-state index in [0.717, 1.165) is 18.5 Å². The Bertz CT molecular complexity index is 1530. The van der Waals surface area contributed by atoms with Crippen LogP contribution >= 0.6 is 0 Å². The lowest BCUT2D eigenvalue weighted by molar-refractivity contribution is -0.274. The van der Waals surface area contributed by atoms with E-state index < -0.39 is 30.1 Å². The lowest BCUT2D eigenvalue weighted by Gasteiger charge is -2.36. The Morgan fingerprint density at radius 2 is 1.80 bits per heavy atom. The van der Waals surface area contributed by atoms with Gasteiger partial charge >= 0.3 is 12.1 Å². The van der Waals surface area contributed by atoms with Gasteiger partial charge in [-0.05, 0) is 55.7 Å². The Balaban J connectivity index is 1.15. The maximum atomic E-state index is 15.3. The summed E-state index contributed by atoms with van der Waals surface area (Å²) >= 11 is 0. The Hall–Kier alpha value is -4.13. The number of nitrogens with zero attached hydrogens (tertiary/aromatic N) is 3. The summed E-state index contributed by atoms with van der Waals surface area (Å²) < 4.78 is 74.6. The molecule has 1 aliphatic heterocycles. The molecular formula is C27H24F4N4O5. The standard InChI is InChI=1S/C27H24F4N4O5/c28-20-13-35(17-9-7-16(8-10-17)25-32-26(36)40-34-25)12-11-22(20)37-14-19-23(33-39-24(19)15-5-6-15)18-3-1-2-4-21(18)38-27(29,30)31/h1-4,7-10,15,20,22H,5-6,11-14H2,(H,32,34,36)/t20-,22-/m1/s1. The SMILES string of the molecule is O=c1[nH]c(-c2ccc(N3CC[C@@H](OCc4c(-c5ccccc5OC(F)(F)F)noc4C4CC4)[C@H](F)C3)cc2)no1. The van der Waals surface area contributed by atoms with E-state index in [0.29, 0.717) is 35.7 Å². The van der Waals surface area contributed by atoms with Gasteiger partial charge in [0.1, 0.15) is 23.4 Å². The molecule has 1 aliphatic carbocycles. The quantitative estimate of drug-likeness (QED) is 0.278. The number of nitrogens with one attached hydrogen (secondary N) is 1. The summed E-state index contributed by atoms with van der Waals surface area (Å²) in [5.74, 6) is -0.0829. The van der Waals surface area contributed by atoms with Crippen molar-refractivity contribution in [2.45, 2.75) is 50.4 Å². The molecule has 2 aromatic carbocycles. The number of rotatable bonds is 8. The summed E-state index contributed by atoms with van der Waals surface area (Å²) in [6, 6.07) is 12.8. The van der Waals surface area contributed by atoms with Gasteiger partial charge in [0, 0.05) is 34.8 Å². The molecule has 4 aromatic rings. The van der Waals surface area contributed by atoms with Gasteiger partial charge in [-0.25, -0.2) is 9.18 Å². The monoisotopic (exact) mass is 560 g/mol. The molecule has 6 rings (SSSR count). The molecule has 2 atom stereocenters. The van der Waals surface area contributed by atoms with Crippen molar-refractivity contribution in [1.29, 1.82) is 0 Å². The molecule has 3 heterocycles. The topological polar surface area (TPSA) is 107 Å². The van der Waals surface area contributed by atoms with E-state index in [1.807, 2.05) is 17.0 Å². The van der Waals surface area contributed by atoms with E-state index in [4.69, 9.17) is 9.26 Å². The third-order valence-electron chi connectivity index (χ3n) is 7.00. The molecule has 0 unspecified atom stereocenters. The molecule has 2 fully saturated rings. The molecule has 2 aromatic heterocycles. The highest BCUT2D eigenvalue weighted by molar-refractivity contribution is 5.70. The molecule has 0 amide bonds. The van der Waals surface area contributed by atoms with Crippen LogP contribution in [0.3, 0.4) is 0 Å². The third-order valence-corrected chi connectivity index (χ3v) is 7.00. The van der Waals surface area contributed by atoms with Crippen molar-refractivity contribution in [1.82, 2.24) is 15.3 Å². The largest absolute Gasteiger partial charge is 0.573 e. The number of ether oxygens (including phenoxy) is 2. The van der Waals surface area contributed by atoms with Crippen LogP contribution in [0.15, 0.2) is 62.4 Å². The number of aromatic nitrogens is 3. The van der Waals surface area contributed by atoms with E-state index in [1.54, 1.807) is 18.2 Å². The predicted molar refractivity (Wildman–Crippen MR) is 133 cm³/mol. The number of hydrogen-bond donors (Lipinski definition) is 1. The van der Waals surface area contributed by atoms with Crippen LogP contribution < -0.4 is 15.4 Å². The van der Waals surface area contributed by atoms with Crippen molar-refractivity contribution in [3.8, 4) is 28.4 Å². The molecule has 210 valence electrons. The fraction of sp³-hybridized carbons (Fsp3) is 0.370. The lowest BCUT2D eigenvalue weighted by Crippen LogP contribution is -2.45. The van der Waals surface area contributed by atoms with Crippen LogP contribution in [-0.2, 0) is 11.3 Å². The summed E-state index contributed by atoms with van der Waals surface area (Å²) in [7, 11) is 0. The number of anilines is 1. The van der Waals surface area contributed by atoms with E-state index in [1.165, 1.54) is 18.2 Å². The molecule has 1 saturated carbocycles. The average molecular weight is 561 g/mol. The highest BCUT2D eigenvalue weighted by Crippen LogP contribution is 2.46. The van der Waals surface area contributed by atoms with E-state index in [-0.39, 0.29) is 30.3 Å². The van der Waals surface area contributed by atoms with Gasteiger partial charge < -0.3 is 18.9 Å². The minimum Gasteiger partial charge on any atom is -0.405 e. The number of piperidine rings is 1. The summed E-state index contributed by atoms with van der Waals surface area (Å²) in [5.41, 5.74) is 2.29. The third kappa shape index (κ3) is 5.60. The Labute approximate surface area is 224 Å². The highest BCUT2D eigenvalue weighted by atomic mass is 19.4. The minimum atomic E-state index is -4.87. The van der Waals surface area contributed by atoms with E-state index >= 15 is 4.39 Å². The van der Waals surface area contributed by atoms with Crippen LogP contribution in [0.4, 0.5) is 23.2 Å². The van der Waals surface area contributed by atoms with Crippen molar-refractivity contribution in [3.05, 3.63) is 70.4 Å². The van der Waals surface area contributed by atoms with Crippen LogP contribution in [0, 0.1) is 0 Å². The molecule has 0 radical (unpaired) electrons. The van der Waals surface area contributed by atoms with Crippen molar-refractivity contribution in [2.75, 3.05) is 18.0 Å². The number of alkyl halides is 4. The fourth-order valence-electron chi connectivity index (χ4n) is 4.90. The maximum absolute atomic E-state index is 15.3. The molecule has 1 saturated heterocycles. The number of hydrogen-bond acceptors (Lipinski definition) is 8. The van der Waals surface area contributed by atoms with Gasteiger partial charge in [0.2, 0.25) is 0 Å². The number of benzene rings is 2. The Kier molecular flexibility index (Phi) is 6.82. The second kappa shape index (κ2) is 10.5. The van der Waals surface area contributed by atoms with Crippen molar-refractivity contribution < 1.29 is 36.1 Å². The van der Waals surface area contributed by atoms with Gasteiger partial charge in [-0.2, -0.15) is 0 Å². The highest BCUT2D eigenvalue weighted by Gasteiger charge is 2.37. The van der Waals surface area contributed by atoms with Gasteiger partial charge in [0.25, 0.3) is 0 Å². The second-order valence-corrected chi connectivity index (χ2v) is 9.78. The zero-order chi connectivity index (χ0) is 27.9. The van der Waals surface area contributed by atoms with Crippen LogP contribution in [-0.4, -0.2) is 47.0 Å². The van der Waals surface area contributed by atoms with Gasteiger partial charge in [0.15, 0.2) is 5.82 Å². The molecule has 40 heavy (non-hydrogen) atoms. The lowest BCUT2D eigenvalue weighted by atomic mass is 10.0. The first-order valence-corrected chi connectivity index (χ1v) is 12.8. The zero-order valence-electron chi connectivity index (χ0n) is 21.0. The van der Waals surface area contributed by atoms with Gasteiger partial charge in [-0.1, -0.05) is 22.4 Å². The average Bonchev–Trinajstić information content (AvgIpc) is 3.54.